The second kappa shape index (κ2) is 8.58. The van der Waals surface area contributed by atoms with Crippen molar-refractivity contribution in [1.29, 1.82) is 5.26 Å². The highest BCUT2D eigenvalue weighted by Crippen LogP contribution is 2.58. The molecule has 3 aliphatic carbocycles. The van der Waals surface area contributed by atoms with Crippen molar-refractivity contribution < 1.29 is 5.11 Å². The summed E-state index contributed by atoms with van der Waals surface area (Å²) in [4.78, 5) is 0. The van der Waals surface area contributed by atoms with Crippen molar-refractivity contribution in [3.05, 3.63) is 35.5 Å². The highest BCUT2D eigenvalue weighted by atomic mass is 16.3. The van der Waals surface area contributed by atoms with Gasteiger partial charge < -0.3 is 5.11 Å². The predicted octanol–water partition coefficient (Wildman–Crippen LogP) is 6.88. The quantitative estimate of drug-likeness (QED) is 0.564. The van der Waals surface area contributed by atoms with Crippen LogP contribution in [0.2, 0.25) is 0 Å². The van der Waals surface area contributed by atoms with Crippen LogP contribution in [0.5, 0.6) is 0 Å². The van der Waals surface area contributed by atoms with Gasteiger partial charge >= 0.3 is 0 Å². The molecule has 0 aromatic rings. The maximum Gasteiger partial charge on any atom is 0.0709 e. The van der Waals surface area contributed by atoms with E-state index in [-0.39, 0.29) is 5.92 Å². The van der Waals surface area contributed by atoms with Gasteiger partial charge in [-0.1, -0.05) is 37.6 Å². The smallest absolute Gasteiger partial charge is 0.0709 e. The number of allylic oxidation sites excluding steroid dienone is 5. The number of nitriles is 1. The van der Waals surface area contributed by atoms with Gasteiger partial charge in [0, 0.05) is 0 Å². The van der Waals surface area contributed by atoms with Crippen molar-refractivity contribution in [3.63, 3.8) is 0 Å². The van der Waals surface area contributed by atoms with Gasteiger partial charge in [0.1, 0.15) is 0 Å². The maximum absolute atomic E-state index is 10.0. The first-order valence-electron chi connectivity index (χ1n) is 11.5. The lowest BCUT2D eigenvalue weighted by atomic mass is 9.62. The fourth-order valence-electron chi connectivity index (χ4n) is 6.20. The second-order valence-corrected chi connectivity index (χ2v) is 10.4. The summed E-state index contributed by atoms with van der Waals surface area (Å²) in [5.41, 5.74) is 3.89. The molecule has 0 aliphatic heterocycles. The van der Waals surface area contributed by atoms with Gasteiger partial charge in [0.2, 0.25) is 0 Å². The summed E-state index contributed by atoms with van der Waals surface area (Å²) in [5.74, 6) is 1.53. The maximum atomic E-state index is 10.0. The van der Waals surface area contributed by atoms with E-state index in [4.69, 9.17) is 0 Å². The molecule has 2 nitrogen and oxygen atoms in total. The topological polar surface area (TPSA) is 44.0 Å². The van der Waals surface area contributed by atoms with Crippen molar-refractivity contribution in [1.82, 2.24) is 0 Å². The fraction of sp³-hybridized carbons (Fsp3) is 0.731. The van der Waals surface area contributed by atoms with E-state index in [1.54, 1.807) is 5.57 Å². The van der Waals surface area contributed by atoms with E-state index in [0.29, 0.717) is 11.3 Å². The van der Waals surface area contributed by atoms with Crippen molar-refractivity contribution in [2.45, 2.75) is 97.0 Å². The summed E-state index contributed by atoms with van der Waals surface area (Å²) in [5, 5.41) is 19.4. The van der Waals surface area contributed by atoms with Crippen molar-refractivity contribution in [2.75, 3.05) is 0 Å². The molecule has 28 heavy (non-hydrogen) atoms. The molecule has 4 atom stereocenters. The summed E-state index contributed by atoms with van der Waals surface area (Å²) in [7, 11) is 0. The Hall–Kier alpha value is -1.33. The van der Waals surface area contributed by atoms with E-state index >= 15 is 0 Å². The second-order valence-electron chi connectivity index (χ2n) is 10.4. The SMILES string of the molecule is C=C1/C(=C\C=C2/CCCC3(C)C(CCCC(C)(C)O)CCC23)CCCC1C#N. The van der Waals surface area contributed by atoms with Gasteiger partial charge in [-0.25, -0.2) is 0 Å². The molecular weight excluding hydrogens is 342 g/mol. The number of rotatable bonds is 5. The van der Waals surface area contributed by atoms with Gasteiger partial charge in [0.05, 0.1) is 17.6 Å². The van der Waals surface area contributed by atoms with Crippen LogP contribution in [0, 0.1) is 34.5 Å². The Bertz CT molecular complexity index is 686. The highest BCUT2D eigenvalue weighted by molar-refractivity contribution is 5.39. The molecule has 0 bridgehead atoms. The van der Waals surface area contributed by atoms with Crippen LogP contribution in [-0.4, -0.2) is 10.7 Å². The number of nitrogens with zero attached hydrogens (tertiary/aromatic N) is 1. The van der Waals surface area contributed by atoms with Crippen molar-refractivity contribution >= 4 is 0 Å². The van der Waals surface area contributed by atoms with E-state index in [2.05, 4.69) is 31.7 Å². The zero-order chi connectivity index (χ0) is 20.4. The fourth-order valence-corrected chi connectivity index (χ4v) is 6.20. The Morgan fingerprint density at radius 3 is 2.71 bits per heavy atom. The van der Waals surface area contributed by atoms with Crippen LogP contribution in [0.25, 0.3) is 0 Å². The monoisotopic (exact) mass is 381 g/mol. The lowest BCUT2D eigenvalue weighted by molar-refractivity contribution is 0.0610. The molecule has 0 aromatic carbocycles. The number of aliphatic hydroxyl groups is 1. The lowest BCUT2D eigenvalue weighted by Crippen LogP contribution is -2.33. The minimum atomic E-state index is -0.535. The van der Waals surface area contributed by atoms with Gasteiger partial charge in [-0.15, -0.1) is 0 Å². The first-order valence-corrected chi connectivity index (χ1v) is 11.5. The standard InChI is InChI=1S/C26H39NO/c1-19-20(8-5-9-22(19)18-27)12-13-21-10-6-17-26(4)23(14-15-24(21)26)11-7-16-25(2,3)28/h12-13,22-24,28H,1,5-11,14-17H2,2-4H3/b20-12-,21-13+. The van der Waals surface area contributed by atoms with Gasteiger partial charge in [-0.3, -0.25) is 0 Å². The molecule has 0 aromatic heterocycles. The molecule has 1 N–H and O–H groups in total. The molecule has 0 spiro atoms. The average molecular weight is 382 g/mol. The van der Waals surface area contributed by atoms with E-state index in [0.717, 1.165) is 43.6 Å². The number of hydrogen-bond donors (Lipinski definition) is 1. The first-order chi connectivity index (χ1) is 13.2. The van der Waals surface area contributed by atoms with E-state index in [1.165, 1.54) is 44.1 Å². The molecular formula is C26H39NO. The zero-order valence-corrected chi connectivity index (χ0v) is 18.3. The summed E-state index contributed by atoms with van der Waals surface area (Å²) in [6.07, 6.45) is 17.7. The molecule has 3 rings (SSSR count). The number of fused-ring (bicyclic) bond motifs is 1. The molecule has 0 heterocycles. The van der Waals surface area contributed by atoms with Crippen LogP contribution in [0.4, 0.5) is 0 Å². The molecule has 0 radical (unpaired) electrons. The van der Waals surface area contributed by atoms with Crippen molar-refractivity contribution in [3.8, 4) is 6.07 Å². The molecule has 3 aliphatic rings. The molecule has 2 heteroatoms. The van der Waals surface area contributed by atoms with Gasteiger partial charge in [-0.05, 0) is 106 Å². The van der Waals surface area contributed by atoms with Crippen molar-refractivity contribution in [2.24, 2.45) is 23.2 Å². The normalized spacial score (nSPS) is 36.5. The van der Waals surface area contributed by atoms with Crippen LogP contribution < -0.4 is 0 Å². The molecule has 154 valence electrons. The minimum absolute atomic E-state index is 0.0154. The first kappa shape index (κ1) is 21.4. The average Bonchev–Trinajstić information content (AvgIpc) is 2.97. The molecule has 0 amide bonds. The summed E-state index contributed by atoms with van der Waals surface area (Å²) in [6.45, 7) is 10.6. The molecule has 3 fully saturated rings. The van der Waals surface area contributed by atoms with Crippen LogP contribution in [0.1, 0.15) is 91.4 Å². The third-order valence-corrected chi connectivity index (χ3v) is 7.93. The third kappa shape index (κ3) is 4.62. The van der Waals surface area contributed by atoms with Crippen LogP contribution in [0.15, 0.2) is 35.5 Å². The van der Waals surface area contributed by atoms with Gasteiger partial charge in [0.25, 0.3) is 0 Å². The Kier molecular flexibility index (Phi) is 6.55. The molecule has 3 saturated carbocycles. The lowest BCUT2D eigenvalue weighted by Gasteiger charge is -2.42. The molecule has 4 unspecified atom stereocenters. The predicted molar refractivity (Wildman–Crippen MR) is 117 cm³/mol. The molecule has 0 saturated heterocycles. The van der Waals surface area contributed by atoms with Crippen LogP contribution in [0.3, 0.4) is 0 Å². The minimum Gasteiger partial charge on any atom is -0.390 e. The van der Waals surface area contributed by atoms with Gasteiger partial charge in [0.15, 0.2) is 0 Å². The van der Waals surface area contributed by atoms with Crippen LogP contribution >= 0.6 is 0 Å². The Labute approximate surface area is 172 Å². The summed E-state index contributed by atoms with van der Waals surface area (Å²) >= 11 is 0. The van der Waals surface area contributed by atoms with E-state index in [9.17, 15) is 10.4 Å². The summed E-state index contributed by atoms with van der Waals surface area (Å²) < 4.78 is 0. The van der Waals surface area contributed by atoms with E-state index < -0.39 is 5.60 Å². The van der Waals surface area contributed by atoms with Crippen LogP contribution in [-0.2, 0) is 0 Å². The third-order valence-electron chi connectivity index (χ3n) is 7.93. The Morgan fingerprint density at radius 2 is 2.00 bits per heavy atom. The summed E-state index contributed by atoms with van der Waals surface area (Å²) in [6, 6.07) is 2.42. The Morgan fingerprint density at radius 1 is 1.21 bits per heavy atom. The highest BCUT2D eigenvalue weighted by Gasteiger charge is 2.48. The van der Waals surface area contributed by atoms with E-state index in [1.807, 2.05) is 13.8 Å². The Balaban J connectivity index is 1.70. The number of hydrogen-bond acceptors (Lipinski definition) is 2. The zero-order valence-electron chi connectivity index (χ0n) is 18.3. The largest absolute Gasteiger partial charge is 0.390 e. The van der Waals surface area contributed by atoms with Gasteiger partial charge in [-0.2, -0.15) is 5.26 Å².